The zero-order chi connectivity index (χ0) is 17.1. The molecule has 7 heteroatoms. The highest BCUT2D eigenvalue weighted by molar-refractivity contribution is 5.93. The number of hydrogen-bond donors (Lipinski definition) is 1. The van der Waals surface area contributed by atoms with Crippen molar-refractivity contribution in [2.75, 3.05) is 20.2 Å². The van der Waals surface area contributed by atoms with Crippen molar-refractivity contribution in [1.29, 1.82) is 0 Å². The van der Waals surface area contributed by atoms with Gasteiger partial charge in [0, 0.05) is 19.0 Å². The maximum atomic E-state index is 12.5. The lowest BCUT2D eigenvalue weighted by Crippen LogP contribution is -2.29. The summed E-state index contributed by atoms with van der Waals surface area (Å²) in [6.07, 6.45) is 3.15. The summed E-state index contributed by atoms with van der Waals surface area (Å²) in [7, 11) is 1.64. The molecule has 0 bridgehead atoms. The molecular formula is C17H17N3O4. The smallest absolute Gasteiger partial charge is 0.356 e. The standard InChI is InChI=1S/C17H17N3O4/c1-24-15-5-3-2-4-12(15)11-6-7-20(10-11)16(21)13-8-19-14(9-18-13)17(22)23/h2-5,8-9,11H,6-7,10H2,1H3,(H,22,23). The maximum absolute atomic E-state index is 12.5. The SMILES string of the molecule is COc1ccccc1C1CCN(C(=O)c2cnc(C(=O)O)cn2)C1. The van der Waals surface area contributed by atoms with Crippen LogP contribution in [0.15, 0.2) is 36.7 Å². The Hall–Kier alpha value is -2.96. The van der Waals surface area contributed by atoms with Crippen LogP contribution in [-0.2, 0) is 0 Å². The molecule has 1 aliphatic rings. The van der Waals surface area contributed by atoms with Crippen LogP contribution in [0.5, 0.6) is 5.75 Å². The highest BCUT2D eigenvalue weighted by Gasteiger charge is 2.30. The maximum Gasteiger partial charge on any atom is 0.356 e. The summed E-state index contributed by atoms with van der Waals surface area (Å²) in [5.41, 5.74) is 1.06. The topological polar surface area (TPSA) is 92.6 Å². The third-order valence-electron chi connectivity index (χ3n) is 4.14. The van der Waals surface area contributed by atoms with Crippen molar-refractivity contribution in [2.45, 2.75) is 12.3 Å². The summed E-state index contributed by atoms with van der Waals surface area (Å²) in [5.74, 6) is -0.380. The average molecular weight is 327 g/mol. The van der Waals surface area contributed by atoms with E-state index in [1.165, 1.54) is 6.20 Å². The van der Waals surface area contributed by atoms with E-state index in [1.54, 1.807) is 12.0 Å². The third kappa shape index (κ3) is 3.05. The number of carbonyl (C=O) groups excluding carboxylic acids is 1. The molecule has 1 atom stereocenters. The minimum Gasteiger partial charge on any atom is -0.496 e. The van der Waals surface area contributed by atoms with Gasteiger partial charge in [-0.2, -0.15) is 0 Å². The van der Waals surface area contributed by atoms with E-state index in [9.17, 15) is 9.59 Å². The average Bonchev–Trinajstić information content (AvgIpc) is 3.11. The molecule has 0 saturated carbocycles. The van der Waals surface area contributed by atoms with E-state index in [4.69, 9.17) is 9.84 Å². The van der Waals surface area contributed by atoms with Gasteiger partial charge in [0.25, 0.3) is 5.91 Å². The number of ether oxygens (including phenoxy) is 1. The monoisotopic (exact) mass is 327 g/mol. The van der Waals surface area contributed by atoms with Crippen molar-refractivity contribution >= 4 is 11.9 Å². The summed E-state index contributed by atoms with van der Waals surface area (Å²) >= 11 is 0. The molecule has 2 aromatic rings. The van der Waals surface area contributed by atoms with Gasteiger partial charge in [-0.05, 0) is 18.1 Å². The van der Waals surface area contributed by atoms with Crippen molar-refractivity contribution in [3.8, 4) is 5.75 Å². The number of carboxylic acid groups (broad SMARTS) is 1. The number of aromatic carboxylic acids is 1. The lowest BCUT2D eigenvalue weighted by molar-refractivity contribution is 0.0687. The lowest BCUT2D eigenvalue weighted by Gasteiger charge is -2.17. The number of benzene rings is 1. The molecule has 1 aromatic heterocycles. The van der Waals surface area contributed by atoms with Crippen molar-refractivity contribution < 1.29 is 19.4 Å². The van der Waals surface area contributed by atoms with Gasteiger partial charge in [0.1, 0.15) is 11.4 Å². The summed E-state index contributed by atoms with van der Waals surface area (Å²) < 4.78 is 5.39. The molecule has 1 fully saturated rings. The van der Waals surface area contributed by atoms with Gasteiger partial charge in [0.05, 0.1) is 19.5 Å². The zero-order valence-corrected chi connectivity index (χ0v) is 13.2. The molecule has 2 heterocycles. The van der Waals surface area contributed by atoms with E-state index in [1.807, 2.05) is 24.3 Å². The first-order valence-electron chi connectivity index (χ1n) is 7.57. The predicted octanol–water partition coefficient (Wildman–Crippen LogP) is 1.81. The molecule has 1 N–H and O–H groups in total. The summed E-state index contributed by atoms with van der Waals surface area (Å²) in [6, 6.07) is 7.80. The molecule has 1 saturated heterocycles. The van der Waals surface area contributed by atoms with Gasteiger partial charge in [-0.25, -0.2) is 14.8 Å². The molecule has 124 valence electrons. The van der Waals surface area contributed by atoms with E-state index in [0.29, 0.717) is 13.1 Å². The number of rotatable bonds is 4. The van der Waals surface area contributed by atoms with E-state index in [-0.39, 0.29) is 23.2 Å². The van der Waals surface area contributed by atoms with E-state index in [2.05, 4.69) is 9.97 Å². The van der Waals surface area contributed by atoms with Gasteiger partial charge < -0.3 is 14.7 Å². The first-order valence-corrected chi connectivity index (χ1v) is 7.57. The lowest BCUT2D eigenvalue weighted by atomic mass is 9.97. The molecule has 1 aromatic carbocycles. The molecule has 0 spiro atoms. The van der Waals surface area contributed by atoms with Gasteiger partial charge in [-0.1, -0.05) is 18.2 Å². The van der Waals surface area contributed by atoms with Crippen LogP contribution in [0, 0.1) is 0 Å². The normalized spacial score (nSPS) is 16.9. The van der Waals surface area contributed by atoms with Crippen molar-refractivity contribution in [1.82, 2.24) is 14.9 Å². The van der Waals surface area contributed by atoms with Gasteiger partial charge in [0.2, 0.25) is 0 Å². The third-order valence-corrected chi connectivity index (χ3v) is 4.14. The van der Waals surface area contributed by atoms with Gasteiger partial charge in [0.15, 0.2) is 5.69 Å². The minimum atomic E-state index is -1.17. The number of amides is 1. The fraction of sp³-hybridized carbons (Fsp3) is 0.294. The summed E-state index contributed by atoms with van der Waals surface area (Å²) in [5, 5.41) is 8.83. The molecular weight excluding hydrogens is 310 g/mol. The molecule has 3 rings (SSSR count). The predicted molar refractivity (Wildman–Crippen MR) is 85.2 cm³/mol. The number of para-hydroxylation sites is 1. The van der Waals surface area contributed by atoms with Crippen LogP contribution in [0.4, 0.5) is 0 Å². The highest BCUT2D eigenvalue weighted by atomic mass is 16.5. The number of likely N-dealkylation sites (tertiary alicyclic amines) is 1. The fourth-order valence-corrected chi connectivity index (χ4v) is 2.91. The van der Waals surface area contributed by atoms with Gasteiger partial charge >= 0.3 is 5.97 Å². The van der Waals surface area contributed by atoms with Crippen LogP contribution < -0.4 is 4.74 Å². The summed E-state index contributed by atoms with van der Waals surface area (Å²) in [4.78, 5) is 32.7. The van der Waals surface area contributed by atoms with Crippen molar-refractivity contribution in [2.24, 2.45) is 0 Å². The number of aromatic nitrogens is 2. The largest absolute Gasteiger partial charge is 0.496 e. The Morgan fingerprint density at radius 1 is 1.21 bits per heavy atom. The molecule has 7 nitrogen and oxygen atoms in total. The molecule has 1 unspecified atom stereocenters. The van der Waals surface area contributed by atoms with Crippen LogP contribution >= 0.6 is 0 Å². The van der Waals surface area contributed by atoms with E-state index >= 15 is 0 Å². The Labute approximate surface area is 138 Å². The zero-order valence-electron chi connectivity index (χ0n) is 13.2. The Bertz CT molecular complexity index is 761. The number of carbonyl (C=O) groups is 2. The molecule has 0 radical (unpaired) electrons. The first-order chi connectivity index (χ1) is 11.6. The second kappa shape index (κ2) is 6.66. The molecule has 1 aliphatic heterocycles. The van der Waals surface area contributed by atoms with E-state index in [0.717, 1.165) is 23.9 Å². The van der Waals surface area contributed by atoms with Crippen LogP contribution in [-0.4, -0.2) is 52.1 Å². The van der Waals surface area contributed by atoms with Crippen LogP contribution in [0.1, 0.15) is 38.9 Å². The second-order valence-electron chi connectivity index (χ2n) is 5.57. The van der Waals surface area contributed by atoms with Crippen LogP contribution in [0.3, 0.4) is 0 Å². The Morgan fingerprint density at radius 2 is 1.92 bits per heavy atom. The highest BCUT2D eigenvalue weighted by Crippen LogP contribution is 2.33. The minimum absolute atomic E-state index is 0.153. The second-order valence-corrected chi connectivity index (χ2v) is 5.57. The molecule has 1 amide bonds. The van der Waals surface area contributed by atoms with Gasteiger partial charge in [-0.15, -0.1) is 0 Å². The first kappa shape index (κ1) is 15.9. The number of nitrogens with zero attached hydrogens (tertiary/aromatic N) is 3. The number of hydrogen-bond acceptors (Lipinski definition) is 5. The van der Waals surface area contributed by atoms with Crippen LogP contribution in [0.2, 0.25) is 0 Å². The number of carboxylic acids is 1. The Balaban J connectivity index is 1.73. The molecule has 24 heavy (non-hydrogen) atoms. The number of methoxy groups -OCH3 is 1. The Morgan fingerprint density at radius 3 is 2.58 bits per heavy atom. The van der Waals surface area contributed by atoms with Crippen molar-refractivity contribution in [3.05, 3.63) is 53.6 Å². The van der Waals surface area contributed by atoms with Crippen molar-refractivity contribution in [3.63, 3.8) is 0 Å². The Kier molecular flexibility index (Phi) is 4.41. The summed E-state index contributed by atoms with van der Waals surface area (Å²) in [6.45, 7) is 1.19. The quantitative estimate of drug-likeness (QED) is 0.920. The molecule has 0 aliphatic carbocycles. The fourth-order valence-electron chi connectivity index (χ4n) is 2.91. The van der Waals surface area contributed by atoms with E-state index < -0.39 is 5.97 Å². The van der Waals surface area contributed by atoms with Crippen LogP contribution in [0.25, 0.3) is 0 Å². The van der Waals surface area contributed by atoms with Gasteiger partial charge in [-0.3, -0.25) is 4.79 Å².